The maximum absolute atomic E-state index is 12.1. The highest BCUT2D eigenvalue weighted by atomic mass is 79.9. The fourth-order valence-corrected chi connectivity index (χ4v) is 4.58. The van der Waals surface area contributed by atoms with Crippen molar-refractivity contribution in [3.8, 4) is 0 Å². The molecule has 0 fully saturated rings. The lowest BCUT2D eigenvalue weighted by molar-refractivity contribution is 0.530. The van der Waals surface area contributed by atoms with Crippen molar-refractivity contribution in [2.75, 3.05) is 0 Å². The number of benzene rings is 1. The number of halogens is 2. The molecule has 0 heterocycles. The molecule has 0 unspecified atom stereocenters. The van der Waals surface area contributed by atoms with Crippen molar-refractivity contribution in [2.24, 2.45) is 0 Å². The molecule has 0 spiro atoms. The second-order valence-electron chi connectivity index (χ2n) is 3.71. The summed E-state index contributed by atoms with van der Waals surface area (Å²) in [6, 6.07) is 5.00. The Kier molecular flexibility index (Phi) is 5.63. The van der Waals surface area contributed by atoms with Gasteiger partial charge in [0.25, 0.3) is 0 Å². The Morgan fingerprint density at radius 1 is 1.24 bits per heavy atom. The van der Waals surface area contributed by atoms with Crippen LogP contribution >= 0.6 is 31.9 Å². The number of nitrogens with one attached hydrogen (secondary N) is 1. The summed E-state index contributed by atoms with van der Waals surface area (Å²) in [5.74, 6) is 0. The minimum Gasteiger partial charge on any atom is -0.208 e. The summed E-state index contributed by atoms with van der Waals surface area (Å²) in [5, 5.41) is 0. The van der Waals surface area contributed by atoms with E-state index in [-0.39, 0.29) is 10.9 Å². The van der Waals surface area contributed by atoms with Crippen LogP contribution in [0.1, 0.15) is 26.7 Å². The van der Waals surface area contributed by atoms with Crippen molar-refractivity contribution >= 4 is 41.9 Å². The van der Waals surface area contributed by atoms with Crippen molar-refractivity contribution in [1.82, 2.24) is 4.72 Å². The lowest BCUT2D eigenvalue weighted by atomic mass is 10.2. The van der Waals surface area contributed by atoms with Crippen LogP contribution in [0.15, 0.2) is 32.0 Å². The van der Waals surface area contributed by atoms with E-state index in [9.17, 15) is 8.42 Å². The molecule has 0 saturated carbocycles. The van der Waals surface area contributed by atoms with E-state index in [4.69, 9.17) is 0 Å². The Labute approximate surface area is 119 Å². The third-order valence-electron chi connectivity index (χ3n) is 2.49. The van der Waals surface area contributed by atoms with Crippen LogP contribution in [0.3, 0.4) is 0 Å². The summed E-state index contributed by atoms with van der Waals surface area (Å²) >= 11 is 6.56. The first-order chi connectivity index (χ1) is 7.90. The fraction of sp³-hybridized carbons (Fsp3) is 0.455. The van der Waals surface area contributed by atoms with E-state index in [2.05, 4.69) is 36.6 Å². The normalized spacial score (nSPS) is 12.1. The molecule has 17 heavy (non-hydrogen) atoms. The van der Waals surface area contributed by atoms with Crippen LogP contribution < -0.4 is 4.72 Å². The van der Waals surface area contributed by atoms with Gasteiger partial charge in [-0.15, -0.1) is 0 Å². The molecule has 1 aromatic rings. The smallest absolute Gasteiger partial charge is 0.208 e. The molecular formula is C11H15Br2NO2S. The second-order valence-corrected chi connectivity index (χ2v) is 7.16. The predicted octanol–water partition coefficient (Wildman–Crippen LogP) is 3.68. The van der Waals surface area contributed by atoms with Gasteiger partial charge in [-0.2, -0.15) is 0 Å². The number of hydrogen-bond donors (Lipinski definition) is 1. The van der Waals surface area contributed by atoms with Crippen molar-refractivity contribution in [1.29, 1.82) is 0 Å². The lowest BCUT2D eigenvalue weighted by Crippen LogP contribution is -2.34. The van der Waals surface area contributed by atoms with Gasteiger partial charge in [0.05, 0.1) is 4.90 Å². The first-order valence-corrected chi connectivity index (χ1v) is 8.45. The van der Waals surface area contributed by atoms with Gasteiger partial charge in [0.15, 0.2) is 0 Å². The molecule has 0 radical (unpaired) electrons. The molecule has 3 nitrogen and oxygen atoms in total. The van der Waals surface area contributed by atoms with E-state index in [1.54, 1.807) is 18.2 Å². The highest BCUT2D eigenvalue weighted by molar-refractivity contribution is 9.11. The Hall–Kier alpha value is 0.0900. The molecule has 6 heteroatoms. The van der Waals surface area contributed by atoms with Gasteiger partial charge < -0.3 is 0 Å². The molecule has 0 atom stereocenters. The molecule has 1 aromatic carbocycles. The number of sulfonamides is 1. The molecule has 0 aliphatic carbocycles. The fourth-order valence-electron chi connectivity index (χ4n) is 1.43. The van der Waals surface area contributed by atoms with Crippen LogP contribution in [-0.4, -0.2) is 14.5 Å². The maximum atomic E-state index is 12.1. The zero-order chi connectivity index (χ0) is 13.1. The first-order valence-electron chi connectivity index (χ1n) is 5.38. The molecule has 0 aliphatic heterocycles. The standard InChI is InChI=1S/C11H15Br2NO2S/c1-3-9(4-2)14-17(15,16)11-6-5-8(12)7-10(11)13/h5-7,9,14H,3-4H2,1-2H3. The van der Waals surface area contributed by atoms with Crippen LogP contribution in [0.25, 0.3) is 0 Å². The van der Waals surface area contributed by atoms with Crippen LogP contribution in [0.5, 0.6) is 0 Å². The summed E-state index contributed by atoms with van der Waals surface area (Å²) in [7, 11) is -3.45. The second kappa shape index (κ2) is 6.31. The predicted molar refractivity (Wildman–Crippen MR) is 76.5 cm³/mol. The minimum absolute atomic E-state index is 0.0180. The van der Waals surface area contributed by atoms with Crippen molar-refractivity contribution in [3.05, 3.63) is 27.1 Å². The first kappa shape index (κ1) is 15.1. The van der Waals surface area contributed by atoms with Gasteiger partial charge in [-0.05, 0) is 47.0 Å². The summed E-state index contributed by atoms with van der Waals surface area (Å²) in [5.41, 5.74) is 0. The summed E-state index contributed by atoms with van der Waals surface area (Å²) in [4.78, 5) is 0.271. The van der Waals surface area contributed by atoms with Gasteiger partial charge in [0.1, 0.15) is 0 Å². The SMILES string of the molecule is CCC(CC)NS(=O)(=O)c1ccc(Br)cc1Br. The van der Waals surface area contributed by atoms with E-state index < -0.39 is 10.0 Å². The van der Waals surface area contributed by atoms with Crippen molar-refractivity contribution < 1.29 is 8.42 Å². The molecule has 96 valence electrons. The summed E-state index contributed by atoms with van der Waals surface area (Å²) in [6.07, 6.45) is 1.56. The monoisotopic (exact) mass is 383 g/mol. The Morgan fingerprint density at radius 2 is 1.82 bits per heavy atom. The van der Waals surface area contributed by atoms with Gasteiger partial charge in [-0.25, -0.2) is 13.1 Å². The molecule has 1 N–H and O–H groups in total. The molecule has 0 aromatic heterocycles. The van der Waals surface area contributed by atoms with Crippen molar-refractivity contribution in [3.63, 3.8) is 0 Å². The Bertz CT molecular complexity index is 484. The quantitative estimate of drug-likeness (QED) is 0.841. The van der Waals surface area contributed by atoms with Crippen LogP contribution in [0.4, 0.5) is 0 Å². The van der Waals surface area contributed by atoms with Crippen LogP contribution in [-0.2, 0) is 10.0 Å². The minimum atomic E-state index is -3.45. The average molecular weight is 385 g/mol. The largest absolute Gasteiger partial charge is 0.241 e. The van der Waals surface area contributed by atoms with Gasteiger partial charge in [0.2, 0.25) is 10.0 Å². The zero-order valence-corrected chi connectivity index (χ0v) is 13.7. The van der Waals surface area contributed by atoms with E-state index >= 15 is 0 Å². The lowest BCUT2D eigenvalue weighted by Gasteiger charge is -2.15. The van der Waals surface area contributed by atoms with Crippen LogP contribution in [0, 0.1) is 0 Å². The molecule has 0 aliphatic rings. The third kappa shape index (κ3) is 4.05. The topological polar surface area (TPSA) is 46.2 Å². The van der Waals surface area contributed by atoms with Gasteiger partial charge >= 0.3 is 0 Å². The van der Waals surface area contributed by atoms with Crippen molar-refractivity contribution in [2.45, 2.75) is 37.6 Å². The van der Waals surface area contributed by atoms with Gasteiger partial charge in [-0.3, -0.25) is 0 Å². The molecular weight excluding hydrogens is 370 g/mol. The van der Waals surface area contributed by atoms with Crippen LogP contribution in [0.2, 0.25) is 0 Å². The zero-order valence-electron chi connectivity index (χ0n) is 9.70. The Morgan fingerprint density at radius 3 is 2.29 bits per heavy atom. The molecule has 0 saturated heterocycles. The number of rotatable bonds is 5. The Balaban J connectivity index is 3.05. The maximum Gasteiger partial charge on any atom is 0.241 e. The van der Waals surface area contributed by atoms with E-state index in [0.717, 1.165) is 17.3 Å². The van der Waals surface area contributed by atoms with Gasteiger partial charge in [0, 0.05) is 15.0 Å². The number of hydrogen-bond acceptors (Lipinski definition) is 2. The molecule has 0 amide bonds. The summed E-state index contributed by atoms with van der Waals surface area (Å²) in [6.45, 7) is 3.93. The van der Waals surface area contributed by atoms with E-state index in [1.807, 2.05) is 13.8 Å². The third-order valence-corrected chi connectivity index (χ3v) is 5.48. The van der Waals surface area contributed by atoms with Gasteiger partial charge in [-0.1, -0.05) is 29.8 Å². The van der Waals surface area contributed by atoms with E-state index in [0.29, 0.717) is 4.47 Å². The molecule has 0 bridgehead atoms. The summed E-state index contributed by atoms with van der Waals surface area (Å²) < 4.78 is 28.4. The van der Waals surface area contributed by atoms with E-state index in [1.165, 1.54) is 0 Å². The average Bonchev–Trinajstić information content (AvgIpc) is 2.25. The highest BCUT2D eigenvalue weighted by Crippen LogP contribution is 2.25. The highest BCUT2D eigenvalue weighted by Gasteiger charge is 2.20. The molecule has 1 rings (SSSR count).